The molecule has 1 saturated heterocycles. The van der Waals surface area contributed by atoms with Gasteiger partial charge in [0.25, 0.3) is 10.0 Å². The minimum Gasteiger partial charge on any atom is -0.369 e. The first-order valence-electron chi connectivity index (χ1n) is 8.25. The molecule has 0 unspecified atom stereocenters. The number of sulfonamides is 1. The first-order chi connectivity index (χ1) is 12.0. The van der Waals surface area contributed by atoms with Gasteiger partial charge < -0.3 is 10.2 Å². The molecule has 1 aromatic carbocycles. The third-order valence-electron chi connectivity index (χ3n) is 4.68. The number of amides is 1. The van der Waals surface area contributed by atoms with Crippen molar-refractivity contribution in [3.63, 3.8) is 0 Å². The molecule has 0 spiro atoms. The molecule has 1 aromatic heterocycles. The molecule has 0 saturated carbocycles. The number of nitrogens with zero attached hydrogens (tertiary/aromatic N) is 2. The van der Waals surface area contributed by atoms with Crippen LogP contribution in [0, 0.1) is 0 Å². The van der Waals surface area contributed by atoms with Crippen molar-refractivity contribution in [2.75, 3.05) is 36.4 Å². The standard InChI is InChI=1S/C17H19N3O3S2/c21-16-6-3-13-12-14(4-5-15(13)18-16)19-7-9-20(10-8-19)25(22,23)17-2-1-11-24-17/h1-2,4-5,11-12H,3,6-10H2,(H,18,21). The maximum atomic E-state index is 12.6. The highest BCUT2D eigenvalue weighted by molar-refractivity contribution is 7.91. The van der Waals surface area contributed by atoms with E-state index in [9.17, 15) is 13.2 Å². The fourth-order valence-corrected chi connectivity index (χ4v) is 5.86. The first-order valence-corrected chi connectivity index (χ1v) is 10.6. The molecule has 2 aromatic rings. The van der Waals surface area contributed by atoms with E-state index in [0.29, 0.717) is 36.8 Å². The van der Waals surface area contributed by atoms with Crippen molar-refractivity contribution in [3.8, 4) is 0 Å². The number of benzene rings is 1. The normalized spacial score (nSPS) is 18.7. The molecule has 2 aliphatic rings. The Hall–Kier alpha value is -1.90. The van der Waals surface area contributed by atoms with Crippen molar-refractivity contribution in [1.29, 1.82) is 0 Å². The molecule has 0 atom stereocenters. The Morgan fingerprint density at radius 2 is 1.84 bits per heavy atom. The Labute approximate surface area is 151 Å². The first kappa shape index (κ1) is 16.6. The van der Waals surface area contributed by atoms with E-state index >= 15 is 0 Å². The molecule has 8 heteroatoms. The lowest BCUT2D eigenvalue weighted by atomic mass is 10.0. The van der Waals surface area contributed by atoms with Crippen LogP contribution in [0.1, 0.15) is 12.0 Å². The summed E-state index contributed by atoms with van der Waals surface area (Å²) in [6.45, 7) is 2.29. The third-order valence-corrected chi connectivity index (χ3v) is 7.95. The van der Waals surface area contributed by atoms with E-state index in [1.54, 1.807) is 21.8 Å². The van der Waals surface area contributed by atoms with Crippen molar-refractivity contribution in [3.05, 3.63) is 41.3 Å². The quantitative estimate of drug-likeness (QED) is 0.890. The lowest BCUT2D eigenvalue weighted by molar-refractivity contribution is -0.116. The van der Waals surface area contributed by atoms with Crippen LogP contribution in [0.4, 0.5) is 11.4 Å². The Balaban J connectivity index is 1.47. The number of hydrogen-bond donors (Lipinski definition) is 1. The van der Waals surface area contributed by atoms with E-state index in [1.807, 2.05) is 12.1 Å². The van der Waals surface area contributed by atoms with Crippen LogP contribution in [0.2, 0.25) is 0 Å². The molecule has 1 amide bonds. The summed E-state index contributed by atoms with van der Waals surface area (Å²) in [6.07, 6.45) is 1.27. The van der Waals surface area contributed by atoms with Crippen molar-refractivity contribution in [2.24, 2.45) is 0 Å². The Bertz CT molecular complexity index is 886. The number of hydrogen-bond acceptors (Lipinski definition) is 5. The molecule has 132 valence electrons. The molecule has 4 rings (SSSR count). The number of aryl methyl sites for hydroxylation is 1. The summed E-state index contributed by atoms with van der Waals surface area (Å²) in [5.74, 6) is 0.0626. The van der Waals surface area contributed by atoms with E-state index in [2.05, 4.69) is 16.3 Å². The number of anilines is 2. The minimum atomic E-state index is -3.37. The number of piperazine rings is 1. The summed E-state index contributed by atoms with van der Waals surface area (Å²) in [7, 11) is -3.37. The molecular weight excluding hydrogens is 358 g/mol. The molecular formula is C17H19N3O3S2. The van der Waals surface area contributed by atoms with Gasteiger partial charge in [-0.1, -0.05) is 6.07 Å². The van der Waals surface area contributed by atoms with E-state index < -0.39 is 10.0 Å². The van der Waals surface area contributed by atoms with Gasteiger partial charge in [0.15, 0.2) is 0 Å². The molecule has 1 N–H and O–H groups in total. The predicted molar refractivity (Wildman–Crippen MR) is 98.7 cm³/mol. The Morgan fingerprint density at radius 1 is 1.04 bits per heavy atom. The summed E-state index contributed by atoms with van der Waals surface area (Å²) in [6, 6.07) is 9.46. The van der Waals surface area contributed by atoms with E-state index in [-0.39, 0.29) is 5.91 Å². The largest absolute Gasteiger partial charge is 0.369 e. The van der Waals surface area contributed by atoms with Crippen LogP contribution in [0.3, 0.4) is 0 Å². The number of carbonyl (C=O) groups excluding carboxylic acids is 1. The number of rotatable bonds is 3. The Kier molecular flexibility index (Phi) is 4.26. The van der Waals surface area contributed by atoms with Crippen LogP contribution in [0.25, 0.3) is 0 Å². The summed E-state index contributed by atoms with van der Waals surface area (Å²) in [5.41, 5.74) is 3.12. The average molecular weight is 377 g/mol. The van der Waals surface area contributed by atoms with Gasteiger partial charge in [0.05, 0.1) is 0 Å². The van der Waals surface area contributed by atoms with Gasteiger partial charge >= 0.3 is 0 Å². The molecule has 0 aliphatic carbocycles. The van der Waals surface area contributed by atoms with Crippen LogP contribution in [0.15, 0.2) is 39.9 Å². The molecule has 2 aliphatic heterocycles. The summed E-state index contributed by atoms with van der Waals surface area (Å²) >= 11 is 1.26. The maximum Gasteiger partial charge on any atom is 0.252 e. The van der Waals surface area contributed by atoms with E-state index in [4.69, 9.17) is 0 Å². The third kappa shape index (κ3) is 3.17. The highest BCUT2D eigenvalue weighted by Crippen LogP contribution is 2.29. The number of thiophene rings is 1. The lowest BCUT2D eigenvalue weighted by Crippen LogP contribution is -2.48. The highest BCUT2D eigenvalue weighted by Gasteiger charge is 2.29. The van der Waals surface area contributed by atoms with E-state index in [1.165, 1.54) is 11.3 Å². The zero-order chi connectivity index (χ0) is 17.4. The number of fused-ring (bicyclic) bond motifs is 1. The summed E-state index contributed by atoms with van der Waals surface area (Å²) < 4.78 is 27.2. The fourth-order valence-electron chi connectivity index (χ4n) is 3.29. The predicted octanol–water partition coefficient (Wildman–Crippen LogP) is 2.14. The van der Waals surface area contributed by atoms with Gasteiger partial charge in [-0.3, -0.25) is 4.79 Å². The van der Waals surface area contributed by atoms with Gasteiger partial charge in [-0.15, -0.1) is 11.3 Å². The van der Waals surface area contributed by atoms with Crippen LogP contribution in [-0.4, -0.2) is 44.8 Å². The molecule has 6 nitrogen and oxygen atoms in total. The highest BCUT2D eigenvalue weighted by atomic mass is 32.2. The second kappa shape index (κ2) is 6.44. The van der Waals surface area contributed by atoms with Gasteiger partial charge in [-0.05, 0) is 41.6 Å². The van der Waals surface area contributed by atoms with Crippen molar-refractivity contribution < 1.29 is 13.2 Å². The smallest absolute Gasteiger partial charge is 0.252 e. The van der Waals surface area contributed by atoms with Crippen LogP contribution < -0.4 is 10.2 Å². The minimum absolute atomic E-state index is 0.0626. The monoisotopic (exact) mass is 377 g/mol. The second-order valence-electron chi connectivity index (χ2n) is 6.21. The molecule has 3 heterocycles. The maximum absolute atomic E-state index is 12.6. The van der Waals surface area contributed by atoms with E-state index in [0.717, 1.165) is 23.4 Å². The molecule has 25 heavy (non-hydrogen) atoms. The average Bonchev–Trinajstić information content (AvgIpc) is 3.17. The van der Waals surface area contributed by atoms with Gasteiger partial charge in [-0.25, -0.2) is 8.42 Å². The number of carbonyl (C=O) groups is 1. The van der Waals surface area contributed by atoms with Gasteiger partial charge in [0.1, 0.15) is 4.21 Å². The summed E-state index contributed by atoms with van der Waals surface area (Å²) in [4.78, 5) is 13.7. The van der Waals surface area contributed by atoms with Crippen molar-refractivity contribution in [2.45, 2.75) is 17.1 Å². The lowest BCUT2D eigenvalue weighted by Gasteiger charge is -2.35. The van der Waals surface area contributed by atoms with Gasteiger partial charge in [0, 0.05) is 44.0 Å². The summed E-state index contributed by atoms with van der Waals surface area (Å²) in [5, 5.41) is 4.68. The SMILES string of the molecule is O=C1CCc2cc(N3CCN(S(=O)(=O)c4cccs4)CC3)ccc2N1. The topological polar surface area (TPSA) is 69.7 Å². The van der Waals surface area contributed by atoms with Crippen LogP contribution in [0.5, 0.6) is 0 Å². The van der Waals surface area contributed by atoms with Crippen LogP contribution >= 0.6 is 11.3 Å². The van der Waals surface area contributed by atoms with Gasteiger partial charge in [-0.2, -0.15) is 4.31 Å². The zero-order valence-electron chi connectivity index (χ0n) is 13.6. The zero-order valence-corrected chi connectivity index (χ0v) is 15.3. The van der Waals surface area contributed by atoms with Crippen molar-refractivity contribution in [1.82, 2.24) is 4.31 Å². The van der Waals surface area contributed by atoms with Gasteiger partial charge in [0.2, 0.25) is 5.91 Å². The van der Waals surface area contributed by atoms with Crippen molar-refractivity contribution >= 4 is 38.6 Å². The van der Waals surface area contributed by atoms with Crippen LogP contribution in [-0.2, 0) is 21.2 Å². The fraction of sp³-hybridized carbons (Fsp3) is 0.353. The second-order valence-corrected chi connectivity index (χ2v) is 9.33. The molecule has 0 bridgehead atoms. The molecule has 1 fully saturated rings. The number of nitrogens with one attached hydrogen (secondary N) is 1. The molecule has 0 radical (unpaired) electrons. The Morgan fingerprint density at radius 3 is 2.56 bits per heavy atom.